The van der Waals surface area contributed by atoms with E-state index in [4.69, 9.17) is 0 Å². The Morgan fingerprint density at radius 1 is 1.27 bits per heavy atom. The molecule has 0 fully saturated rings. The highest BCUT2D eigenvalue weighted by molar-refractivity contribution is 9.10. The smallest absolute Gasteiger partial charge is 0.0311 e. The van der Waals surface area contributed by atoms with Crippen LogP contribution in [0.3, 0.4) is 0 Å². The quantitative estimate of drug-likeness (QED) is 0.602. The molecule has 0 amide bonds. The van der Waals surface area contributed by atoms with Crippen molar-refractivity contribution < 1.29 is 0 Å². The Morgan fingerprint density at radius 3 is 2.80 bits per heavy atom. The molecule has 0 spiro atoms. The molecule has 1 aromatic carbocycles. The summed E-state index contributed by atoms with van der Waals surface area (Å²) in [7, 11) is 0. The van der Waals surface area contributed by atoms with Crippen LogP contribution in [0.2, 0.25) is 0 Å². The maximum Gasteiger partial charge on any atom is 0.0311 e. The zero-order valence-electron chi connectivity index (χ0n) is 9.13. The number of nitrogens with one attached hydrogen (secondary N) is 1. The summed E-state index contributed by atoms with van der Waals surface area (Å²) < 4.78 is 1.21. The van der Waals surface area contributed by atoms with Crippen molar-refractivity contribution in [2.75, 3.05) is 18.8 Å². The first-order chi connectivity index (χ1) is 7.34. The van der Waals surface area contributed by atoms with Crippen LogP contribution in [0, 0.1) is 0 Å². The second-order valence-corrected chi connectivity index (χ2v) is 5.37. The van der Waals surface area contributed by atoms with Crippen LogP contribution in [-0.4, -0.2) is 18.8 Å². The fourth-order valence-corrected chi connectivity index (χ4v) is 2.76. The molecule has 0 aliphatic heterocycles. The normalized spacial score (nSPS) is 10.5. The molecule has 0 aliphatic rings. The molecular formula is C12H18BrNS. The molecule has 0 heterocycles. The molecule has 1 nitrogen and oxygen atoms in total. The van der Waals surface area contributed by atoms with Crippen LogP contribution in [0.4, 0.5) is 0 Å². The van der Waals surface area contributed by atoms with Gasteiger partial charge in [-0.1, -0.05) is 19.1 Å². The van der Waals surface area contributed by atoms with Crippen molar-refractivity contribution in [3.8, 4) is 0 Å². The predicted octanol–water partition coefficient (Wildman–Crippen LogP) is 3.93. The van der Waals surface area contributed by atoms with Crippen molar-refractivity contribution in [2.24, 2.45) is 0 Å². The van der Waals surface area contributed by atoms with E-state index in [1.807, 2.05) is 11.8 Å². The van der Waals surface area contributed by atoms with E-state index in [0.29, 0.717) is 0 Å². The van der Waals surface area contributed by atoms with Crippen LogP contribution in [0.5, 0.6) is 0 Å². The molecule has 0 saturated carbocycles. The third kappa shape index (κ3) is 5.59. The maximum absolute atomic E-state index is 3.55. The average Bonchev–Trinajstić information content (AvgIpc) is 2.25. The van der Waals surface area contributed by atoms with Gasteiger partial charge in [0.05, 0.1) is 0 Å². The van der Waals surface area contributed by atoms with Gasteiger partial charge in [-0.3, -0.25) is 0 Å². The standard InChI is InChI=1S/C12H18BrNS/c1-2-8-14-9-5-10-15-12-7-4-3-6-11(12)13/h3-4,6-7,14H,2,5,8-10H2,1H3. The molecule has 1 N–H and O–H groups in total. The summed E-state index contributed by atoms with van der Waals surface area (Å²) in [5.41, 5.74) is 0. The second-order valence-electron chi connectivity index (χ2n) is 3.38. The molecule has 15 heavy (non-hydrogen) atoms. The summed E-state index contributed by atoms with van der Waals surface area (Å²) in [5.74, 6) is 1.18. The molecule has 84 valence electrons. The largest absolute Gasteiger partial charge is 0.317 e. The van der Waals surface area contributed by atoms with Gasteiger partial charge in [-0.2, -0.15) is 0 Å². The van der Waals surface area contributed by atoms with E-state index in [9.17, 15) is 0 Å². The van der Waals surface area contributed by atoms with Crippen molar-refractivity contribution in [3.05, 3.63) is 28.7 Å². The van der Waals surface area contributed by atoms with Crippen LogP contribution in [0.1, 0.15) is 19.8 Å². The SMILES string of the molecule is CCCNCCCSc1ccccc1Br. The fourth-order valence-electron chi connectivity index (χ4n) is 1.24. The van der Waals surface area contributed by atoms with Crippen LogP contribution >= 0.6 is 27.7 Å². The molecule has 0 saturated heterocycles. The fraction of sp³-hybridized carbons (Fsp3) is 0.500. The van der Waals surface area contributed by atoms with E-state index in [1.165, 1.54) is 28.0 Å². The molecule has 0 aliphatic carbocycles. The first-order valence-corrected chi connectivity index (χ1v) is 7.20. The van der Waals surface area contributed by atoms with Crippen molar-refractivity contribution in [1.82, 2.24) is 5.32 Å². The Morgan fingerprint density at radius 2 is 2.07 bits per heavy atom. The lowest BCUT2D eigenvalue weighted by Crippen LogP contribution is -2.16. The molecule has 0 atom stereocenters. The number of hydrogen-bond donors (Lipinski definition) is 1. The highest BCUT2D eigenvalue weighted by Crippen LogP contribution is 2.27. The minimum atomic E-state index is 1.13. The van der Waals surface area contributed by atoms with Gasteiger partial charge < -0.3 is 5.32 Å². The number of benzene rings is 1. The van der Waals surface area contributed by atoms with E-state index in [0.717, 1.165) is 13.1 Å². The Kier molecular flexibility index (Phi) is 7.14. The van der Waals surface area contributed by atoms with Gasteiger partial charge in [0, 0.05) is 9.37 Å². The van der Waals surface area contributed by atoms with Gasteiger partial charge in [0.15, 0.2) is 0 Å². The highest BCUT2D eigenvalue weighted by Gasteiger charge is 1.98. The van der Waals surface area contributed by atoms with Gasteiger partial charge >= 0.3 is 0 Å². The van der Waals surface area contributed by atoms with Crippen molar-refractivity contribution in [1.29, 1.82) is 0 Å². The summed E-state index contributed by atoms with van der Waals surface area (Å²) in [4.78, 5) is 1.34. The number of rotatable bonds is 7. The molecule has 0 radical (unpaired) electrons. The molecule has 0 bridgehead atoms. The second kappa shape index (κ2) is 8.20. The summed E-state index contributed by atoms with van der Waals surface area (Å²) in [6.45, 7) is 4.47. The third-order valence-corrected chi connectivity index (χ3v) is 4.13. The van der Waals surface area contributed by atoms with Gasteiger partial charge in [0.25, 0.3) is 0 Å². The first kappa shape index (κ1) is 13.1. The topological polar surface area (TPSA) is 12.0 Å². The maximum atomic E-state index is 3.55. The number of hydrogen-bond acceptors (Lipinski definition) is 2. The summed E-state index contributed by atoms with van der Waals surface area (Å²) in [5, 5.41) is 3.41. The highest BCUT2D eigenvalue weighted by atomic mass is 79.9. The number of halogens is 1. The molecule has 1 aromatic rings. The van der Waals surface area contributed by atoms with E-state index in [1.54, 1.807) is 0 Å². The van der Waals surface area contributed by atoms with E-state index >= 15 is 0 Å². The third-order valence-electron chi connectivity index (χ3n) is 2.02. The van der Waals surface area contributed by atoms with E-state index < -0.39 is 0 Å². The Hall–Kier alpha value is 0.01000. The van der Waals surface area contributed by atoms with Gasteiger partial charge in [-0.05, 0) is 59.7 Å². The lowest BCUT2D eigenvalue weighted by Gasteiger charge is -2.04. The van der Waals surface area contributed by atoms with Gasteiger partial charge in [-0.25, -0.2) is 0 Å². The van der Waals surface area contributed by atoms with Gasteiger partial charge in [0.1, 0.15) is 0 Å². The van der Waals surface area contributed by atoms with Gasteiger partial charge in [-0.15, -0.1) is 11.8 Å². The molecular weight excluding hydrogens is 270 g/mol. The van der Waals surface area contributed by atoms with Crippen molar-refractivity contribution >= 4 is 27.7 Å². The van der Waals surface area contributed by atoms with Crippen molar-refractivity contribution in [3.63, 3.8) is 0 Å². The minimum Gasteiger partial charge on any atom is -0.317 e. The zero-order valence-corrected chi connectivity index (χ0v) is 11.5. The summed E-state index contributed by atoms with van der Waals surface area (Å²) in [6, 6.07) is 8.39. The molecule has 1 rings (SSSR count). The Labute approximate surface area is 105 Å². The van der Waals surface area contributed by atoms with E-state index in [2.05, 4.69) is 52.4 Å². The molecule has 0 unspecified atom stereocenters. The first-order valence-electron chi connectivity index (χ1n) is 5.42. The Bertz CT molecular complexity index is 278. The zero-order chi connectivity index (χ0) is 10.9. The Balaban J connectivity index is 2.12. The van der Waals surface area contributed by atoms with E-state index in [-0.39, 0.29) is 0 Å². The van der Waals surface area contributed by atoms with Crippen LogP contribution < -0.4 is 5.32 Å². The van der Waals surface area contributed by atoms with Crippen LogP contribution in [0.15, 0.2) is 33.6 Å². The van der Waals surface area contributed by atoms with Crippen LogP contribution in [-0.2, 0) is 0 Å². The molecule has 3 heteroatoms. The lowest BCUT2D eigenvalue weighted by atomic mass is 10.4. The average molecular weight is 288 g/mol. The summed E-state index contributed by atoms with van der Waals surface area (Å²) in [6.07, 6.45) is 2.45. The van der Waals surface area contributed by atoms with Crippen molar-refractivity contribution in [2.45, 2.75) is 24.7 Å². The van der Waals surface area contributed by atoms with Crippen LogP contribution in [0.25, 0.3) is 0 Å². The lowest BCUT2D eigenvalue weighted by molar-refractivity contribution is 0.664. The van der Waals surface area contributed by atoms with Gasteiger partial charge in [0.2, 0.25) is 0 Å². The number of thioether (sulfide) groups is 1. The monoisotopic (exact) mass is 287 g/mol. The predicted molar refractivity (Wildman–Crippen MR) is 72.6 cm³/mol. The minimum absolute atomic E-state index is 1.13. The summed E-state index contributed by atoms with van der Waals surface area (Å²) >= 11 is 5.47. The molecule has 0 aromatic heterocycles.